The molecule has 1 rings (SSSR count). The number of Topliss-reactive ketones (excluding diaryl/α,β-unsaturated/α-hetero) is 1. The van der Waals surface area contributed by atoms with Gasteiger partial charge in [-0.05, 0) is 22.0 Å². The number of halogens is 1. The van der Waals surface area contributed by atoms with Gasteiger partial charge in [0.15, 0.2) is 11.6 Å². The number of aromatic nitrogens is 2. The molecule has 4 nitrogen and oxygen atoms in total. The number of hydrogen-bond acceptors (Lipinski definition) is 4. The van der Waals surface area contributed by atoms with Gasteiger partial charge in [-0.25, -0.2) is 0 Å². The second-order valence-electron chi connectivity index (χ2n) is 2.02. The van der Waals surface area contributed by atoms with Crippen LogP contribution < -0.4 is 5.73 Å². The number of nitrogens with zero attached hydrogens (tertiary/aromatic N) is 2. The molecule has 0 spiro atoms. The van der Waals surface area contributed by atoms with Crippen molar-refractivity contribution < 1.29 is 4.79 Å². The Kier molecular flexibility index (Phi) is 2.19. The number of nitrogens with two attached hydrogens (primary N) is 1. The standard InChI is InChI=1S/C6H6BrN3O/c1-3(11)5-2-4(7)6(8)10-9-5/h2H,1H3,(H2,8,10). The van der Waals surface area contributed by atoms with Crippen LogP contribution in [0.5, 0.6) is 0 Å². The lowest BCUT2D eigenvalue weighted by Crippen LogP contribution is -2.02. The summed E-state index contributed by atoms with van der Waals surface area (Å²) in [4.78, 5) is 10.7. The van der Waals surface area contributed by atoms with Crippen LogP contribution in [0.4, 0.5) is 5.82 Å². The van der Waals surface area contributed by atoms with E-state index in [4.69, 9.17) is 5.73 Å². The minimum atomic E-state index is -0.127. The number of carbonyl (C=O) groups excluding carboxylic acids is 1. The van der Waals surface area contributed by atoms with E-state index >= 15 is 0 Å². The molecule has 0 aliphatic heterocycles. The summed E-state index contributed by atoms with van der Waals surface area (Å²) in [5.41, 5.74) is 5.67. The molecular weight excluding hydrogens is 210 g/mol. The van der Waals surface area contributed by atoms with Crippen LogP contribution in [0.25, 0.3) is 0 Å². The van der Waals surface area contributed by atoms with Crippen LogP contribution in [0.2, 0.25) is 0 Å². The minimum absolute atomic E-state index is 0.127. The van der Waals surface area contributed by atoms with E-state index in [-0.39, 0.29) is 11.6 Å². The highest BCUT2D eigenvalue weighted by molar-refractivity contribution is 9.10. The third-order valence-corrected chi connectivity index (χ3v) is 1.77. The smallest absolute Gasteiger partial charge is 0.180 e. The quantitative estimate of drug-likeness (QED) is 0.711. The van der Waals surface area contributed by atoms with E-state index in [0.29, 0.717) is 10.2 Å². The van der Waals surface area contributed by atoms with Crippen molar-refractivity contribution in [3.8, 4) is 0 Å². The van der Waals surface area contributed by atoms with E-state index in [2.05, 4.69) is 26.1 Å². The maximum Gasteiger partial charge on any atom is 0.180 e. The summed E-state index contributed by atoms with van der Waals surface area (Å²) in [5, 5.41) is 7.14. The van der Waals surface area contributed by atoms with Gasteiger partial charge in [-0.2, -0.15) is 0 Å². The molecule has 0 saturated heterocycles. The summed E-state index contributed by atoms with van der Waals surface area (Å²) in [5.74, 6) is 0.160. The fourth-order valence-corrected chi connectivity index (χ4v) is 0.847. The van der Waals surface area contributed by atoms with Gasteiger partial charge in [-0.3, -0.25) is 4.79 Å². The number of rotatable bonds is 1. The molecule has 0 fully saturated rings. The molecule has 0 bridgehead atoms. The van der Waals surface area contributed by atoms with Crippen LogP contribution in [0.3, 0.4) is 0 Å². The number of carbonyl (C=O) groups is 1. The first-order chi connectivity index (χ1) is 5.11. The summed E-state index contributed by atoms with van der Waals surface area (Å²) < 4.78 is 0.595. The highest BCUT2D eigenvalue weighted by atomic mass is 79.9. The average Bonchev–Trinajstić information content (AvgIpc) is 1.94. The van der Waals surface area contributed by atoms with E-state index in [1.54, 1.807) is 6.07 Å². The van der Waals surface area contributed by atoms with Gasteiger partial charge in [0.25, 0.3) is 0 Å². The summed E-state index contributed by atoms with van der Waals surface area (Å²) in [7, 11) is 0. The number of nitrogen functional groups attached to an aromatic ring is 1. The van der Waals surface area contributed by atoms with Gasteiger partial charge in [-0.1, -0.05) is 0 Å². The molecular formula is C6H6BrN3O. The van der Waals surface area contributed by atoms with Crippen LogP contribution in [-0.4, -0.2) is 16.0 Å². The van der Waals surface area contributed by atoms with Gasteiger partial charge in [0.2, 0.25) is 0 Å². The average molecular weight is 216 g/mol. The summed E-state index contributed by atoms with van der Waals surface area (Å²) in [6.45, 7) is 1.42. The van der Waals surface area contributed by atoms with E-state index in [0.717, 1.165) is 0 Å². The number of ketones is 1. The van der Waals surface area contributed by atoms with Crippen LogP contribution >= 0.6 is 15.9 Å². The van der Waals surface area contributed by atoms with Gasteiger partial charge in [0, 0.05) is 6.92 Å². The van der Waals surface area contributed by atoms with Crippen molar-refractivity contribution >= 4 is 27.5 Å². The molecule has 11 heavy (non-hydrogen) atoms. The van der Waals surface area contributed by atoms with E-state index in [9.17, 15) is 4.79 Å². The molecule has 58 valence electrons. The van der Waals surface area contributed by atoms with E-state index in [1.165, 1.54) is 6.92 Å². The zero-order valence-corrected chi connectivity index (χ0v) is 7.42. The van der Waals surface area contributed by atoms with Crippen molar-refractivity contribution in [2.45, 2.75) is 6.92 Å². The van der Waals surface area contributed by atoms with Crippen molar-refractivity contribution in [1.29, 1.82) is 0 Å². The Morgan fingerprint density at radius 2 is 2.27 bits per heavy atom. The topological polar surface area (TPSA) is 68.9 Å². The fourth-order valence-electron chi connectivity index (χ4n) is 0.550. The lowest BCUT2D eigenvalue weighted by molar-refractivity contribution is 0.101. The summed E-state index contributed by atoms with van der Waals surface area (Å²) >= 11 is 3.13. The zero-order chi connectivity index (χ0) is 8.43. The second kappa shape index (κ2) is 2.96. The third-order valence-electron chi connectivity index (χ3n) is 1.13. The molecule has 0 radical (unpaired) electrons. The number of hydrogen-bond donors (Lipinski definition) is 1. The fraction of sp³-hybridized carbons (Fsp3) is 0.167. The van der Waals surface area contributed by atoms with Crippen LogP contribution in [0.15, 0.2) is 10.5 Å². The molecule has 1 aromatic heterocycles. The largest absolute Gasteiger partial charge is 0.381 e. The lowest BCUT2D eigenvalue weighted by Gasteiger charge is -1.96. The van der Waals surface area contributed by atoms with Gasteiger partial charge in [-0.15, -0.1) is 10.2 Å². The highest BCUT2D eigenvalue weighted by Crippen LogP contribution is 2.15. The Bertz CT molecular complexity index is 300. The van der Waals surface area contributed by atoms with E-state index in [1.807, 2.05) is 0 Å². The first-order valence-electron chi connectivity index (χ1n) is 2.91. The first-order valence-corrected chi connectivity index (χ1v) is 3.70. The predicted octanol–water partition coefficient (Wildman–Crippen LogP) is 1.02. The van der Waals surface area contributed by atoms with Crippen LogP contribution in [0, 0.1) is 0 Å². The SMILES string of the molecule is CC(=O)c1cc(Br)c(N)nn1. The molecule has 5 heteroatoms. The normalized spacial score (nSPS) is 9.64. The maximum absolute atomic E-state index is 10.7. The second-order valence-corrected chi connectivity index (χ2v) is 2.87. The van der Waals surface area contributed by atoms with Crippen molar-refractivity contribution in [2.24, 2.45) is 0 Å². The van der Waals surface area contributed by atoms with Crippen LogP contribution in [-0.2, 0) is 0 Å². The minimum Gasteiger partial charge on any atom is -0.381 e. The van der Waals surface area contributed by atoms with Gasteiger partial charge in [0.05, 0.1) is 4.47 Å². The Hall–Kier alpha value is -0.970. The number of anilines is 1. The highest BCUT2D eigenvalue weighted by Gasteiger charge is 2.04. The lowest BCUT2D eigenvalue weighted by atomic mass is 10.3. The molecule has 0 atom stereocenters. The van der Waals surface area contributed by atoms with Crippen molar-refractivity contribution in [1.82, 2.24) is 10.2 Å². The molecule has 0 saturated carbocycles. The van der Waals surface area contributed by atoms with Crippen molar-refractivity contribution in [3.63, 3.8) is 0 Å². The summed E-state index contributed by atoms with van der Waals surface area (Å²) in [6, 6.07) is 1.55. The molecule has 0 aliphatic carbocycles. The molecule has 1 heterocycles. The van der Waals surface area contributed by atoms with Crippen molar-refractivity contribution in [3.05, 3.63) is 16.2 Å². The molecule has 0 aliphatic rings. The third kappa shape index (κ3) is 1.74. The van der Waals surface area contributed by atoms with Gasteiger partial charge >= 0.3 is 0 Å². The molecule has 1 aromatic rings. The van der Waals surface area contributed by atoms with Gasteiger partial charge < -0.3 is 5.73 Å². The van der Waals surface area contributed by atoms with Crippen LogP contribution in [0.1, 0.15) is 17.4 Å². The van der Waals surface area contributed by atoms with Gasteiger partial charge in [0.1, 0.15) is 5.69 Å². The Morgan fingerprint density at radius 1 is 1.64 bits per heavy atom. The summed E-state index contributed by atoms with van der Waals surface area (Å²) in [6.07, 6.45) is 0. The van der Waals surface area contributed by atoms with Crippen molar-refractivity contribution in [2.75, 3.05) is 5.73 Å². The first kappa shape index (κ1) is 8.13. The molecule has 0 amide bonds. The predicted molar refractivity (Wildman–Crippen MR) is 44.1 cm³/mol. The maximum atomic E-state index is 10.7. The molecule has 0 aromatic carbocycles. The Balaban J connectivity index is 3.15. The zero-order valence-electron chi connectivity index (χ0n) is 5.84. The van der Waals surface area contributed by atoms with E-state index < -0.39 is 0 Å². The molecule has 0 unspecified atom stereocenters. The Morgan fingerprint density at radius 3 is 2.73 bits per heavy atom. The Labute approximate surface area is 71.9 Å². The monoisotopic (exact) mass is 215 g/mol. The molecule has 2 N–H and O–H groups in total.